The molecular weight excluding hydrogens is 478 g/mol. The Morgan fingerprint density at radius 2 is 1.94 bits per heavy atom. The maximum atomic E-state index is 14.3. The number of hydrogen-bond acceptors (Lipinski definition) is 5. The topological polar surface area (TPSA) is 94.4 Å². The predicted molar refractivity (Wildman–Crippen MR) is 125 cm³/mol. The fourth-order valence-electron chi connectivity index (χ4n) is 4.43. The smallest absolute Gasteiger partial charge is 0.417 e. The van der Waals surface area contributed by atoms with Crippen molar-refractivity contribution in [2.75, 3.05) is 13.7 Å². The number of aliphatic hydroxyl groups is 1. The highest BCUT2D eigenvalue weighted by Gasteiger charge is 2.56. The lowest BCUT2D eigenvalue weighted by Gasteiger charge is -2.39. The second-order valence-electron chi connectivity index (χ2n) is 9.39. The Kier molecular flexibility index (Phi) is 7.65. The van der Waals surface area contributed by atoms with E-state index in [0.717, 1.165) is 17.7 Å². The van der Waals surface area contributed by atoms with Crippen molar-refractivity contribution < 1.29 is 32.2 Å². The maximum absolute atomic E-state index is 14.3. The molecule has 2 aromatic rings. The van der Waals surface area contributed by atoms with E-state index in [-0.39, 0.29) is 35.7 Å². The minimum absolute atomic E-state index is 0.138. The minimum Gasteiger partial charge on any atom is -0.496 e. The van der Waals surface area contributed by atoms with Gasteiger partial charge in [-0.1, -0.05) is 19.9 Å². The molecule has 0 fully saturated rings. The van der Waals surface area contributed by atoms with Crippen LogP contribution in [0, 0.1) is 17.1 Å². The number of halogens is 4. The van der Waals surface area contributed by atoms with Crippen molar-refractivity contribution >= 4 is 12.0 Å². The average molecular weight is 506 g/mol. The van der Waals surface area contributed by atoms with Crippen LogP contribution in [0.4, 0.5) is 17.6 Å². The predicted octanol–water partition coefficient (Wildman–Crippen LogP) is 4.58. The molecule has 1 unspecified atom stereocenters. The van der Waals surface area contributed by atoms with E-state index in [4.69, 9.17) is 10.00 Å². The minimum atomic E-state index is -4.99. The Balaban J connectivity index is 1.93. The van der Waals surface area contributed by atoms with Gasteiger partial charge >= 0.3 is 6.18 Å². The summed E-state index contributed by atoms with van der Waals surface area (Å²) in [6.07, 6.45) is -5.06. The van der Waals surface area contributed by atoms with Crippen LogP contribution in [-0.4, -0.2) is 36.4 Å². The van der Waals surface area contributed by atoms with Crippen molar-refractivity contribution in [3.8, 4) is 11.8 Å². The van der Waals surface area contributed by atoms with E-state index in [9.17, 15) is 27.5 Å². The van der Waals surface area contributed by atoms with Gasteiger partial charge in [0, 0.05) is 29.8 Å². The van der Waals surface area contributed by atoms with Crippen molar-refractivity contribution in [3.63, 3.8) is 0 Å². The van der Waals surface area contributed by atoms with Gasteiger partial charge in [0.1, 0.15) is 18.1 Å². The number of fused-ring (bicyclic) bond motifs is 1. The van der Waals surface area contributed by atoms with E-state index in [1.807, 2.05) is 0 Å². The molecule has 0 bridgehead atoms. The number of nitrogens with one attached hydrogen (secondary N) is 2. The lowest BCUT2D eigenvalue weighted by molar-refractivity contribution is -0.266. The maximum Gasteiger partial charge on any atom is 0.417 e. The van der Waals surface area contributed by atoms with Crippen LogP contribution < -0.4 is 15.4 Å². The molecule has 0 radical (unpaired) electrons. The molecule has 1 aliphatic rings. The number of ether oxygens (including phenoxy) is 1. The molecule has 0 spiro atoms. The number of hydrogen-bond donors (Lipinski definition) is 3. The number of amides is 1. The fourth-order valence-corrected chi connectivity index (χ4v) is 4.43. The van der Waals surface area contributed by atoms with E-state index in [2.05, 4.69) is 10.6 Å². The van der Waals surface area contributed by atoms with E-state index >= 15 is 0 Å². The van der Waals surface area contributed by atoms with E-state index in [1.54, 1.807) is 18.2 Å². The molecule has 1 atom stereocenters. The standard InChI is InChI=1S/C26H27F4N3O3/c1-24(2,21-12-19(27)6-7-22(21)36-3)15-25(35,26(28,29)30)13-20-11-18-10-16(23(34)32-9-8-31)4-5-17(18)14-33-20/h4-7,10-12,33,35H,9,13-15H2,1-3H3,(H,32,34). The average Bonchev–Trinajstić information content (AvgIpc) is 2.81. The summed E-state index contributed by atoms with van der Waals surface area (Å²) < 4.78 is 62.0. The largest absolute Gasteiger partial charge is 0.496 e. The van der Waals surface area contributed by atoms with Crippen LogP contribution in [0.3, 0.4) is 0 Å². The molecule has 0 aromatic heterocycles. The van der Waals surface area contributed by atoms with Gasteiger partial charge in [-0.15, -0.1) is 0 Å². The van der Waals surface area contributed by atoms with Gasteiger partial charge in [-0.05, 0) is 59.4 Å². The summed E-state index contributed by atoms with van der Waals surface area (Å²) in [5, 5.41) is 25.0. The lowest BCUT2D eigenvalue weighted by Crippen LogP contribution is -2.50. The van der Waals surface area contributed by atoms with Crippen LogP contribution in [-0.2, 0) is 12.0 Å². The summed E-state index contributed by atoms with van der Waals surface area (Å²) in [5.41, 5.74) is -2.56. The second kappa shape index (κ2) is 10.2. The SMILES string of the molecule is COc1ccc(F)cc1C(C)(C)CC(O)(CC1=Cc2cc(C(=O)NCC#N)ccc2CN1)C(F)(F)F. The van der Waals surface area contributed by atoms with Crippen molar-refractivity contribution in [2.45, 2.75) is 50.4 Å². The van der Waals surface area contributed by atoms with Crippen LogP contribution in [0.1, 0.15) is 53.7 Å². The highest BCUT2D eigenvalue weighted by molar-refractivity contribution is 5.95. The molecule has 0 saturated heterocycles. The summed E-state index contributed by atoms with van der Waals surface area (Å²) in [4.78, 5) is 12.2. The molecule has 1 heterocycles. The van der Waals surface area contributed by atoms with Gasteiger partial charge in [0.15, 0.2) is 5.60 Å². The van der Waals surface area contributed by atoms with Gasteiger partial charge in [-0.3, -0.25) is 4.79 Å². The second-order valence-corrected chi connectivity index (χ2v) is 9.39. The molecule has 1 amide bonds. The summed E-state index contributed by atoms with van der Waals surface area (Å²) in [5.74, 6) is -0.889. The monoisotopic (exact) mass is 505 g/mol. The Bertz CT molecular complexity index is 1220. The van der Waals surface area contributed by atoms with E-state index in [1.165, 1.54) is 39.2 Å². The summed E-state index contributed by atoms with van der Waals surface area (Å²) in [6.45, 7) is 3.01. The third-order valence-corrected chi connectivity index (χ3v) is 6.21. The fraction of sp³-hybridized carbons (Fsp3) is 0.385. The summed E-state index contributed by atoms with van der Waals surface area (Å²) in [7, 11) is 1.34. The van der Waals surface area contributed by atoms with Crippen LogP contribution in [0.5, 0.6) is 5.75 Å². The normalized spacial score (nSPS) is 15.0. The molecule has 6 nitrogen and oxygen atoms in total. The number of nitrogens with zero attached hydrogens (tertiary/aromatic N) is 1. The lowest BCUT2D eigenvalue weighted by atomic mass is 9.73. The molecule has 2 aromatic carbocycles. The quantitative estimate of drug-likeness (QED) is 0.361. The van der Waals surface area contributed by atoms with Crippen molar-refractivity contribution in [1.82, 2.24) is 10.6 Å². The zero-order chi connectivity index (χ0) is 26.7. The molecule has 1 aliphatic heterocycles. The number of alkyl halides is 3. The molecule has 3 rings (SSSR count). The number of benzene rings is 2. The number of rotatable bonds is 8. The molecule has 36 heavy (non-hydrogen) atoms. The van der Waals surface area contributed by atoms with Crippen LogP contribution >= 0.6 is 0 Å². The molecule has 192 valence electrons. The van der Waals surface area contributed by atoms with Crippen molar-refractivity contribution in [3.05, 3.63) is 70.2 Å². The van der Waals surface area contributed by atoms with Gasteiger partial charge in [0.25, 0.3) is 5.91 Å². The highest BCUT2D eigenvalue weighted by Crippen LogP contribution is 2.46. The molecule has 3 N–H and O–H groups in total. The van der Waals surface area contributed by atoms with Gasteiger partial charge in [0.05, 0.1) is 13.2 Å². The van der Waals surface area contributed by atoms with Gasteiger partial charge in [0.2, 0.25) is 0 Å². The van der Waals surface area contributed by atoms with Gasteiger partial charge in [-0.2, -0.15) is 18.4 Å². The number of carbonyl (C=O) groups is 1. The third-order valence-electron chi connectivity index (χ3n) is 6.21. The number of nitriles is 1. The number of carbonyl (C=O) groups excluding carboxylic acids is 1. The first kappa shape index (κ1) is 27.0. The first-order valence-corrected chi connectivity index (χ1v) is 11.2. The molecule has 0 saturated carbocycles. The van der Waals surface area contributed by atoms with Crippen LogP contribution in [0.15, 0.2) is 42.1 Å². The Morgan fingerprint density at radius 1 is 1.22 bits per heavy atom. The first-order chi connectivity index (χ1) is 16.8. The van der Waals surface area contributed by atoms with E-state index in [0.29, 0.717) is 5.56 Å². The molecule has 10 heteroatoms. The highest BCUT2D eigenvalue weighted by atomic mass is 19.4. The van der Waals surface area contributed by atoms with E-state index < -0.39 is 41.8 Å². The first-order valence-electron chi connectivity index (χ1n) is 11.2. The van der Waals surface area contributed by atoms with Crippen molar-refractivity contribution in [2.24, 2.45) is 0 Å². The van der Waals surface area contributed by atoms with Gasteiger partial charge < -0.3 is 20.5 Å². The summed E-state index contributed by atoms with van der Waals surface area (Å²) >= 11 is 0. The Labute approximate surface area is 206 Å². The van der Waals surface area contributed by atoms with Gasteiger partial charge in [-0.25, -0.2) is 4.39 Å². The summed E-state index contributed by atoms with van der Waals surface area (Å²) in [6, 6.07) is 10.2. The zero-order valence-corrected chi connectivity index (χ0v) is 20.1. The Morgan fingerprint density at radius 3 is 2.58 bits per heavy atom. The third kappa shape index (κ3) is 5.79. The molecule has 0 aliphatic carbocycles. The number of methoxy groups -OCH3 is 1. The van der Waals surface area contributed by atoms with Crippen LogP contribution in [0.25, 0.3) is 6.08 Å². The Hall–Kier alpha value is -3.58. The van der Waals surface area contributed by atoms with Crippen molar-refractivity contribution in [1.29, 1.82) is 5.26 Å². The van der Waals surface area contributed by atoms with Crippen LogP contribution in [0.2, 0.25) is 0 Å². The zero-order valence-electron chi connectivity index (χ0n) is 20.1. The molecular formula is C26H27F4N3O3.